The Hall–Kier alpha value is -1.26. The van der Waals surface area contributed by atoms with Crippen molar-refractivity contribution >= 4 is 6.15 Å². The quantitative estimate of drug-likeness (QED) is 0.194. The summed E-state index contributed by atoms with van der Waals surface area (Å²) in [5, 5.41) is 7.88. The van der Waals surface area contributed by atoms with Crippen molar-refractivity contribution in [3.63, 3.8) is 0 Å². The van der Waals surface area contributed by atoms with Gasteiger partial charge in [0.05, 0.1) is 0 Å². The van der Waals surface area contributed by atoms with Crippen LogP contribution >= 0.6 is 0 Å². The minimum Gasteiger partial charge on any atom is -0.412 e. The van der Waals surface area contributed by atoms with Gasteiger partial charge in [-0.25, -0.2) is 0 Å². The highest BCUT2D eigenvalue weighted by Gasteiger charge is 1.27. The van der Waals surface area contributed by atoms with Gasteiger partial charge in [-0.3, -0.25) is 0 Å². The third kappa shape index (κ3) is 22.4. The summed E-state index contributed by atoms with van der Waals surface area (Å²) >= 11 is 0. The molecule has 42 valence electrons. The first-order chi connectivity index (χ1) is 2.83. The van der Waals surface area contributed by atoms with Gasteiger partial charge in [-0.2, -0.15) is 9.59 Å². The molecule has 0 rings (SSSR count). The standard InChI is InChI=1S/CO2.O3.H2O/c2-1-3;1-3-2;/h;;1H2. The molecule has 0 fully saturated rings. The number of hydrogen-bond donors (Lipinski definition) is 0. The summed E-state index contributed by atoms with van der Waals surface area (Å²) in [4.78, 5) is 24.1. The van der Waals surface area contributed by atoms with Crippen LogP contribution in [-0.4, -0.2) is 11.6 Å². The molecule has 0 aliphatic carbocycles. The van der Waals surface area contributed by atoms with Crippen LogP contribution in [-0.2, 0) is 9.59 Å². The first-order valence-electron chi connectivity index (χ1n) is 0.742. The zero-order chi connectivity index (χ0) is 5.41. The molecular weight excluding hydrogens is 108 g/mol. The average Bonchev–Trinajstić information content (AvgIpc) is 1.39. The van der Waals surface area contributed by atoms with Gasteiger partial charge in [0.1, 0.15) is 0 Å². The van der Waals surface area contributed by atoms with Crippen molar-refractivity contribution in [3.05, 3.63) is 9.71 Å². The van der Waals surface area contributed by atoms with Gasteiger partial charge >= 0.3 is 6.15 Å². The lowest BCUT2D eigenvalue weighted by molar-refractivity contribution is -0.284. The van der Waals surface area contributed by atoms with Crippen LogP contribution in [0.15, 0.2) is 0 Å². The minimum atomic E-state index is 0. The van der Waals surface area contributed by atoms with E-state index in [1.165, 1.54) is 0 Å². The molecule has 0 aromatic rings. The molecule has 0 heterocycles. The normalized spacial score (nSPS) is 2.86. The molecule has 6 heteroatoms. The van der Waals surface area contributed by atoms with Crippen LogP contribution in [0, 0.1) is 9.71 Å². The minimum absolute atomic E-state index is 0. The fourth-order valence-electron chi connectivity index (χ4n) is 0. The third-order valence-corrected chi connectivity index (χ3v) is 0. The second-order valence-electron chi connectivity index (χ2n) is 0.151. The Kier molecular flexibility index (Phi) is 297. The van der Waals surface area contributed by atoms with E-state index in [1.807, 2.05) is 0 Å². The highest BCUT2D eigenvalue weighted by Crippen LogP contribution is 1.00. The molecule has 6 nitrogen and oxygen atoms in total. The van der Waals surface area contributed by atoms with E-state index in [1.54, 1.807) is 4.75 Å². The average molecular weight is 110 g/mol. The fourth-order valence-corrected chi connectivity index (χ4v) is 0. The molecule has 0 spiro atoms. The Morgan fingerprint density at radius 1 is 1.43 bits per heavy atom. The second-order valence-corrected chi connectivity index (χ2v) is 0.151. The van der Waals surface area contributed by atoms with Crippen LogP contribution in [0.3, 0.4) is 0 Å². The van der Waals surface area contributed by atoms with Crippen molar-refractivity contribution < 1.29 is 20.3 Å². The van der Waals surface area contributed by atoms with Gasteiger partial charge in [-0.05, 0) is 0 Å². The molecule has 0 bridgehead atoms. The summed E-state index contributed by atoms with van der Waals surface area (Å²) in [5.41, 5.74) is 0. The van der Waals surface area contributed by atoms with E-state index in [2.05, 4.69) is 0 Å². The van der Waals surface area contributed by atoms with E-state index in [-0.39, 0.29) is 11.6 Å². The molecule has 2 N–H and O–H groups in total. The third-order valence-electron chi connectivity index (χ3n) is 0. The fraction of sp³-hybridized carbons (Fsp3) is 0. The van der Waals surface area contributed by atoms with Crippen LogP contribution in [0.2, 0.25) is 0 Å². The van der Waals surface area contributed by atoms with Crippen molar-refractivity contribution in [2.24, 2.45) is 0 Å². The van der Waals surface area contributed by atoms with Crippen LogP contribution in [0.5, 0.6) is 0 Å². The first kappa shape index (κ1) is 17.2. The van der Waals surface area contributed by atoms with E-state index in [9.17, 15) is 0 Å². The smallest absolute Gasteiger partial charge is 0.373 e. The first-order valence-corrected chi connectivity index (χ1v) is 0.742. The molecule has 0 unspecified atom stereocenters. The Bertz CT molecular complexity index is 49.2. The van der Waals surface area contributed by atoms with Crippen molar-refractivity contribution in [1.29, 1.82) is 0 Å². The monoisotopic (exact) mass is 110 g/mol. The summed E-state index contributed by atoms with van der Waals surface area (Å²) in [6.07, 6.45) is 0.250. The van der Waals surface area contributed by atoms with Crippen molar-refractivity contribution in [2.45, 2.75) is 0 Å². The molecule has 0 aliphatic rings. The van der Waals surface area contributed by atoms with E-state index < -0.39 is 0 Å². The van der Waals surface area contributed by atoms with Gasteiger partial charge in [0.25, 0.3) is 0 Å². The van der Waals surface area contributed by atoms with Crippen molar-refractivity contribution in [2.75, 3.05) is 0 Å². The summed E-state index contributed by atoms with van der Waals surface area (Å²) in [6, 6.07) is 0. The lowest BCUT2D eigenvalue weighted by atomic mass is 11.8. The van der Waals surface area contributed by atoms with Crippen molar-refractivity contribution in [1.82, 2.24) is 0 Å². The number of carbonyl (C=O) groups excluding carboxylic acids is 2. The largest absolute Gasteiger partial charge is 0.412 e. The van der Waals surface area contributed by atoms with Crippen LogP contribution in [0.25, 0.3) is 0 Å². The maximum absolute atomic E-state index is 8.12. The Morgan fingerprint density at radius 3 is 1.43 bits per heavy atom. The van der Waals surface area contributed by atoms with E-state index in [0.29, 0.717) is 0 Å². The van der Waals surface area contributed by atoms with Gasteiger partial charge in [0.15, 0.2) is 4.75 Å². The van der Waals surface area contributed by atoms with Gasteiger partial charge in [-0.1, -0.05) is 10.2 Å². The van der Waals surface area contributed by atoms with Crippen LogP contribution < -0.4 is 5.26 Å². The Labute approximate surface area is 37.5 Å². The predicted molar refractivity (Wildman–Crippen MR) is 15.4 cm³/mol. The van der Waals surface area contributed by atoms with Gasteiger partial charge < -0.3 is 5.48 Å². The topological polar surface area (TPSA) is 117 Å². The summed E-state index contributed by atoms with van der Waals surface area (Å²) in [7, 11) is 0. The highest BCUT2D eigenvalue weighted by atomic mass is 17.2. The Balaban J connectivity index is -0.0000000400. The molecule has 0 aromatic carbocycles. The summed E-state index contributed by atoms with van der Waals surface area (Å²) < 4.78 is 1.75. The number of hydrogen-bond acceptors (Lipinski definition) is 4. The molecule has 0 atom stereocenters. The summed E-state index contributed by atoms with van der Waals surface area (Å²) in [5.74, 6) is 0. The van der Waals surface area contributed by atoms with E-state index >= 15 is 0 Å². The van der Waals surface area contributed by atoms with E-state index in [4.69, 9.17) is 19.8 Å². The maximum atomic E-state index is 8.12. The van der Waals surface area contributed by atoms with Crippen molar-refractivity contribution in [3.8, 4) is 0 Å². The van der Waals surface area contributed by atoms with Gasteiger partial charge in [0, 0.05) is 0 Å². The van der Waals surface area contributed by atoms with Gasteiger partial charge in [0.2, 0.25) is 0 Å². The number of rotatable bonds is 0. The molecule has 0 radical (unpaired) electrons. The zero-order valence-corrected chi connectivity index (χ0v) is 3.04. The highest BCUT2D eigenvalue weighted by molar-refractivity contribution is 5.20. The molecule has 0 saturated heterocycles. The van der Waals surface area contributed by atoms with Crippen LogP contribution in [0.4, 0.5) is 0 Å². The molecular formula is CH2O6. The predicted octanol–water partition coefficient (Wildman–Crippen LogP) is -2.53. The molecule has 0 aromatic heterocycles. The maximum Gasteiger partial charge on any atom is 0.373 e. The van der Waals surface area contributed by atoms with E-state index in [0.717, 1.165) is 0 Å². The van der Waals surface area contributed by atoms with Crippen LogP contribution in [0.1, 0.15) is 0 Å². The second kappa shape index (κ2) is 121. The zero-order valence-electron chi connectivity index (χ0n) is 3.04. The summed E-state index contributed by atoms with van der Waals surface area (Å²) in [6.45, 7) is 0. The molecule has 0 aliphatic heterocycles. The lowest BCUT2D eigenvalue weighted by Gasteiger charge is -1.19. The molecule has 0 amide bonds. The lowest BCUT2D eigenvalue weighted by Crippen LogP contribution is -1.82. The Morgan fingerprint density at radius 2 is 1.43 bits per heavy atom. The molecule has 7 heavy (non-hydrogen) atoms. The van der Waals surface area contributed by atoms with Gasteiger partial charge in [-0.15, -0.1) is 0 Å². The SMILES string of the molecule is O.O=C=O.O=[O+][O-]. The molecule has 0 saturated carbocycles.